The molecule has 8 atom stereocenters. The number of ether oxygens (including phenoxy) is 1. The van der Waals surface area contributed by atoms with E-state index in [9.17, 15) is 19.8 Å². The van der Waals surface area contributed by atoms with Crippen molar-refractivity contribution in [1.29, 1.82) is 0 Å². The maximum absolute atomic E-state index is 14.1. The van der Waals surface area contributed by atoms with Crippen LogP contribution in [0.1, 0.15) is 56.5 Å². The number of methoxy groups -OCH3 is 1. The molecule has 1 saturated heterocycles. The molecule has 2 aromatic carbocycles. The summed E-state index contributed by atoms with van der Waals surface area (Å²) in [5, 5.41) is 28.9. The zero-order valence-electron chi connectivity index (χ0n) is 28.3. The van der Waals surface area contributed by atoms with E-state index in [2.05, 4.69) is 31.4 Å². The van der Waals surface area contributed by atoms with Gasteiger partial charge in [0.1, 0.15) is 17.9 Å². The molecule has 2 amide bonds. The molecule has 4 N–H and O–H groups in total. The monoisotopic (exact) mass is 636 g/mol. The van der Waals surface area contributed by atoms with E-state index in [1.807, 2.05) is 55.4 Å². The molecule has 6 rings (SSSR count). The summed E-state index contributed by atoms with van der Waals surface area (Å²) in [4.78, 5) is 35.1. The molecule has 10 nitrogen and oxygen atoms in total. The molecule has 1 heterocycles. The highest BCUT2D eigenvalue weighted by Crippen LogP contribution is 2.61. The van der Waals surface area contributed by atoms with Gasteiger partial charge in [-0.15, -0.1) is 0 Å². The molecule has 3 saturated carbocycles. The van der Waals surface area contributed by atoms with Crippen LogP contribution in [0.3, 0.4) is 0 Å². The first-order valence-electron chi connectivity index (χ1n) is 16.6. The van der Waals surface area contributed by atoms with E-state index in [0.29, 0.717) is 41.0 Å². The summed E-state index contributed by atoms with van der Waals surface area (Å²) in [7, 11) is 5.52. The molecule has 2 bridgehead atoms. The van der Waals surface area contributed by atoms with Gasteiger partial charge in [0.15, 0.2) is 0 Å². The molecule has 0 spiro atoms. The van der Waals surface area contributed by atoms with Gasteiger partial charge in [-0.1, -0.05) is 51.1 Å². The van der Waals surface area contributed by atoms with Crippen molar-refractivity contribution in [1.82, 2.24) is 20.6 Å². The lowest BCUT2D eigenvalue weighted by atomic mass is 9.45. The van der Waals surface area contributed by atoms with Gasteiger partial charge in [0, 0.05) is 41.7 Å². The average Bonchev–Trinajstić information content (AvgIpc) is 3.40. The lowest BCUT2D eigenvalue weighted by molar-refractivity contribution is -0.183. The number of hydroxylamine groups is 2. The highest BCUT2D eigenvalue weighted by Gasteiger charge is 2.57. The second-order valence-electron chi connectivity index (χ2n) is 14.4. The van der Waals surface area contributed by atoms with Crippen LogP contribution in [0, 0.1) is 29.1 Å². The standard InChI is InChI=1S/C36H52N4O6/c1-21-28-17-26(36(28,3)4)18-29(21)38-35(44)32-31(22(2)42)30(20-41)46-40(32)19-25-12-9-13-27(33(25)45-7)23-10-8-11-24(16-23)34(43)37-14-15-39(5)6/h8-13,16,21-22,26,28-32,41-42H,14-15,17-20H2,1-7H3,(H,37,43)(H,38,44)/t21-,22-,26+,28-,29-,30-,31?,32-/m0/s1. The third-order valence-corrected chi connectivity index (χ3v) is 11.0. The predicted molar refractivity (Wildman–Crippen MR) is 177 cm³/mol. The number of carbonyl (C=O) groups is 2. The molecule has 1 unspecified atom stereocenters. The maximum atomic E-state index is 14.1. The SMILES string of the molecule is COc1c(CN2O[C@@H](CO)C([C@H](C)O)[C@H]2C(=O)N[C@H]2C[C@H]3C[C@@H]([C@@H]2C)C3(C)C)cccc1-c1cccc(C(=O)NCCN(C)C)c1. The zero-order chi connectivity index (χ0) is 33.3. The minimum atomic E-state index is -0.881. The molecule has 10 heteroatoms. The number of amides is 2. The molecule has 0 aromatic heterocycles. The van der Waals surface area contributed by atoms with E-state index in [-0.39, 0.29) is 31.0 Å². The summed E-state index contributed by atoms with van der Waals surface area (Å²) < 4.78 is 5.94. The summed E-state index contributed by atoms with van der Waals surface area (Å²) in [6, 6.07) is 12.4. The van der Waals surface area contributed by atoms with E-state index in [4.69, 9.17) is 9.57 Å². The smallest absolute Gasteiger partial charge is 0.251 e. The van der Waals surface area contributed by atoms with Gasteiger partial charge >= 0.3 is 0 Å². The predicted octanol–water partition coefficient (Wildman–Crippen LogP) is 3.31. The summed E-state index contributed by atoms with van der Waals surface area (Å²) in [5.74, 6) is 1.14. The van der Waals surface area contributed by atoms with Crippen molar-refractivity contribution in [3.8, 4) is 16.9 Å². The number of benzene rings is 2. The topological polar surface area (TPSA) is 124 Å². The number of hydrogen-bond donors (Lipinski definition) is 4. The van der Waals surface area contributed by atoms with Gasteiger partial charge in [0.25, 0.3) is 5.91 Å². The summed E-state index contributed by atoms with van der Waals surface area (Å²) >= 11 is 0. The molecule has 4 aliphatic rings. The van der Waals surface area contributed by atoms with Crippen molar-refractivity contribution in [3.63, 3.8) is 0 Å². The Hall–Kier alpha value is -3.02. The Morgan fingerprint density at radius 3 is 2.54 bits per heavy atom. The summed E-state index contributed by atoms with van der Waals surface area (Å²) in [5.41, 5.74) is 3.23. The molecular weight excluding hydrogens is 584 g/mol. The fraction of sp³-hybridized carbons (Fsp3) is 0.611. The Kier molecular flexibility index (Phi) is 10.4. The second kappa shape index (κ2) is 14.0. The third kappa shape index (κ3) is 6.69. The second-order valence-corrected chi connectivity index (χ2v) is 14.4. The lowest BCUT2D eigenvalue weighted by Gasteiger charge is -2.62. The van der Waals surface area contributed by atoms with Crippen LogP contribution in [0.2, 0.25) is 0 Å². The largest absolute Gasteiger partial charge is 0.496 e. The fourth-order valence-corrected chi connectivity index (χ4v) is 8.15. The molecule has 252 valence electrons. The van der Waals surface area contributed by atoms with E-state index in [1.54, 1.807) is 25.2 Å². The van der Waals surface area contributed by atoms with Gasteiger partial charge in [-0.25, -0.2) is 0 Å². The zero-order valence-corrected chi connectivity index (χ0v) is 28.3. The van der Waals surface area contributed by atoms with Crippen molar-refractivity contribution < 1.29 is 29.4 Å². The van der Waals surface area contributed by atoms with Crippen molar-refractivity contribution in [2.24, 2.45) is 29.1 Å². The van der Waals surface area contributed by atoms with Crippen LogP contribution < -0.4 is 15.4 Å². The number of likely N-dealkylation sites (N-methyl/N-ethyl adjacent to an activating group) is 1. The number of carbonyl (C=O) groups excluding carboxylic acids is 2. The van der Waals surface area contributed by atoms with Gasteiger partial charge in [-0.05, 0) is 74.7 Å². The first-order valence-corrected chi connectivity index (χ1v) is 16.6. The number of nitrogens with one attached hydrogen (secondary N) is 2. The number of nitrogens with zero attached hydrogens (tertiary/aromatic N) is 2. The summed E-state index contributed by atoms with van der Waals surface area (Å²) in [6.45, 7) is 9.70. The maximum Gasteiger partial charge on any atom is 0.251 e. The van der Waals surface area contributed by atoms with Crippen LogP contribution in [0.15, 0.2) is 42.5 Å². The number of hydrogen-bond acceptors (Lipinski definition) is 8. The number of fused-ring (bicyclic) bond motifs is 2. The van der Waals surface area contributed by atoms with E-state index in [0.717, 1.165) is 29.7 Å². The Morgan fingerprint density at radius 2 is 1.91 bits per heavy atom. The van der Waals surface area contributed by atoms with Crippen molar-refractivity contribution >= 4 is 11.8 Å². The fourth-order valence-electron chi connectivity index (χ4n) is 8.15. The Bertz CT molecular complexity index is 1400. The average molecular weight is 637 g/mol. The van der Waals surface area contributed by atoms with Crippen molar-refractivity contribution in [2.75, 3.05) is 40.9 Å². The highest BCUT2D eigenvalue weighted by molar-refractivity contribution is 5.95. The molecule has 4 fully saturated rings. The molecule has 3 aliphatic carbocycles. The van der Waals surface area contributed by atoms with Gasteiger partial charge in [0.2, 0.25) is 5.91 Å². The number of rotatable bonds is 12. The van der Waals surface area contributed by atoms with Crippen molar-refractivity contribution in [2.45, 2.75) is 71.4 Å². The molecule has 1 aliphatic heterocycles. The first-order chi connectivity index (χ1) is 21.9. The normalized spacial score (nSPS) is 29.2. The lowest BCUT2D eigenvalue weighted by Crippen LogP contribution is -2.62. The number of aliphatic hydroxyl groups excluding tert-OH is 2. The van der Waals surface area contributed by atoms with E-state index in [1.165, 1.54) is 6.42 Å². The molecule has 46 heavy (non-hydrogen) atoms. The minimum Gasteiger partial charge on any atom is -0.496 e. The van der Waals surface area contributed by atoms with Gasteiger partial charge < -0.3 is 30.5 Å². The number of aliphatic hydroxyl groups is 2. The van der Waals surface area contributed by atoms with E-state index >= 15 is 0 Å². The summed E-state index contributed by atoms with van der Waals surface area (Å²) in [6.07, 6.45) is 0.537. The highest BCUT2D eigenvalue weighted by atomic mass is 16.7. The number of para-hydroxylation sites is 1. The van der Waals surface area contributed by atoms with Gasteiger partial charge in [-0.2, -0.15) is 5.06 Å². The van der Waals surface area contributed by atoms with Crippen LogP contribution in [0.5, 0.6) is 5.75 Å². The van der Waals surface area contributed by atoms with Crippen LogP contribution in [-0.2, 0) is 16.2 Å². The van der Waals surface area contributed by atoms with E-state index < -0.39 is 24.2 Å². The van der Waals surface area contributed by atoms with Gasteiger partial charge in [-0.3, -0.25) is 14.4 Å². The van der Waals surface area contributed by atoms with Crippen LogP contribution in [0.25, 0.3) is 11.1 Å². The Morgan fingerprint density at radius 1 is 1.17 bits per heavy atom. The minimum absolute atomic E-state index is 0.0548. The molecule has 0 radical (unpaired) electrons. The van der Waals surface area contributed by atoms with Crippen LogP contribution in [-0.4, -0.2) is 97.2 Å². The quantitative estimate of drug-likeness (QED) is 0.280. The van der Waals surface area contributed by atoms with Crippen molar-refractivity contribution in [3.05, 3.63) is 53.6 Å². The van der Waals surface area contributed by atoms with Crippen LogP contribution >= 0.6 is 0 Å². The Labute approximate surface area is 273 Å². The first kappa shape index (κ1) is 34.3. The third-order valence-electron chi connectivity index (χ3n) is 11.0. The van der Waals surface area contributed by atoms with Gasteiger partial charge in [0.05, 0.1) is 26.4 Å². The Balaban J connectivity index is 1.39. The van der Waals surface area contributed by atoms with Crippen LogP contribution in [0.4, 0.5) is 0 Å². The molecule has 2 aromatic rings. The molecular formula is C36H52N4O6.